The summed E-state index contributed by atoms with van der Waals surface area (Å²) in [7, 11) is 1.74. The monoisotopic (exact) mass is 483 g/mol. The molecule has 1 aromatic heterocycles. The molecule has 0 aliphatic carbocycles. The number of likely N-dealkylation sites (N-methyl/N-ethyl adjacent to an activating group) is 1. The summed E-state index contributed by atoms with van der Waals surface area (Å²) >= 11 is 1.23. The molecule has 1 aliphatic rings. The topological polar surface area (TPSA) is 105 Å². The Bertz CT molecular complexity index is 1120. The molecule has 0 fully saturated rings. The van der Waals surface area contributed by atoms with Crippen LogP contribution in [0.4, 0.5) is 0 Å². The SMILES string of the molecule is CC(C)c1ccc(OCc2nnc(SCC(=O)N(C)CC3COc4ccccc4O3)n2N)cc1. The van der Waals surface area contributed by atoms with Gasteiger partial charge in [0.25, 0.3) is 0 Å². The molecule has 1 unspecified atom stereocenters. The number of benzene rings is 2. The van der Waals surface area contributed by atoms with E-state index >= 15 is 0 Å². The highest BCUT2D eigenvalue weighted by molar-refractivity contribution is 7.99. The summed E-state index contributed by atoms with van der Waals surface area (Å²) in [5.74, 6) is 9.30. The Kier molecular flexibility index (Phi) is 7.46. The van der Waals surface area contributed by atoms with E-state index in [9.17, 15) is 4.79 Å². The molecule has 1 aliphatic heterocycles. The number of nitrogens with zero attached hydrogens (tertiary/aromatic N) is 4. The lowest BCUT2D eigenvalue weighted by Gasteiger charge is -2.29. The fourth-order valence-electron chi connectivity index (χ4n) is 3.40. The highest BCUT2D eigenvalue weighted by Gasteiger charge is 2.24. The third-order valence-electron chi connectivity index (χ3n) is 5.45. The third-order valence-corrected chi connectivity index (χ3v) is 6.37. The number of hydrogen-bond acceptors (Lipinski definition) is 8. The molecule has 0 saturated heterocycles. The number of fused-ring (bicyclic) bond motifs is 1. The summed E-state index contributed by atoms with van der Waals surface area (Å²) in [5, 5.41) is 8.63. The van der Waals surface area contributed by atoms with Crippen molar-refractivity contribution in [1.29, 1.82) is 0 Å². The molecule has 9 nitrogen and oxygen atoms in total. The Hall–Kier alpha value is -3.40. The second kappa shape index (κ2) is 10.7. The summed E-state index contributed by atoms with van der Waals surface area (Å²) in [6, 6.07) is 15.4. The number of para-hydroxylation sites is 2. The maximum absolute atomic E-state index is 12.6. The zero-order valence-electron chi connectivity index (χ0n) is 19.5. The molecule has 0 radical (unpaired) electrons. The Labute approximate surface area is 203 Å². The van der Waals surface area contributed by atoms with Gasteiger partial charge >= 0.3 is 0 Å². The van der Waals surface area contributed by atoms with E-state index in [-0.39, 0.29) is 24.4 Å². The lowest BCUT2D eigenvalue weighted by molar-refractivity contribution is -0.128. The summed E-state index contributed by atoms with van der Waals surface area (Å²) in [6.45, 7) is 5.27. The Morgan fingerprint density at radius 3 is 2.68 bits per heavy atom. The van der Waals surface area contributed by atoms with Crippen LogP contribution in [0.3, 0.4) is 0 Å². The minimum absolute atomic E-state index is 0.0708. The van der Waals surface area contributed by atoms with E-state index in [0.717, 1.165) is 11.5 Å². The second-order valence-electron chi connectivity index (χ2n) is 8.34. The maximum atomic E-state index is 12.6. The number of ether oxygens (including phenoxy) is 3. The number of hydrogen-bond donors (Lipinski definition) is 1. The van der Waals surface area contributed by atoms with Gasteiger partial charge in [0.15, 0.2) is 23.4 Å². The van der Waals surface area contributed by atoms with Crippen LogP contribution in [-0.4, -0.2) is 57.7 Å². The smallest absolute Gasteiger partial charge is 0.232 e. The number of carbonyl (C=O) groups excluding carboxylic acids is 1. The molecular formula is C24H29N5O4S. The minimum atomic E-state index is -0.231. The number of thioether (sulfide) groups is 1. The zero-order chi connectivity index (χ0) is 24.1. The van der Waals surface area contributed by atoms with Crippen molar-refractivity contribution >= 4 is 17.7 Å². The van der Waals surface area contributed by atoms with Crippen molar-refractivity contribution in [2.75, 3.05) is 31.8 Å². The first kappa shape index (κ1) is 23.7. The summed E-state index contributed by atoms with van der Waals surface area (Å²) < 4.78 is 18.8. The van der Waals surface area contributed by atoms with Crippen molar-refractivity contribution in [3.05, 3.63) is 59.9 Å². The highest BCUT2D eigenvalue weighted by Crippen LogP contribution is 2.31. The number of carbonyl (C=O) groups is 1. The van der Waals surface area contributed by atoms with Gasteiger partial charge in [-0.2, -0.15) is 0 Å². The molecule has 3 aromatic rings. The van der Waals surface area contributed by atoms with E-state index in [1.54, 1.807) is 11.9 Å². The molecule has 1 atom stereocenters. The predicted octanol–water partition coefficient (Wildman–Crippen LogP) is 3.08. The number of amides is 1. The molecular weight excluding hydrogens is 454 g/mol. The van der Waals surface area contributed by atoms with Crippen LogP contribution >= 0.6 is 11.8 Å². The maximum Gasteiger partial charge on any atom is 0.232 e. The van der Waals surface area contributed by atoms with Gasteiger partial charge in [-0.15, -0.1) is 10.2 Å². The van der Waals surface area contributed by atoms with E-state index in [0.29, 0.717) is 35.8 Å². The van der Waals surface area contributed by atoms with Crippen molar-refractivity contribution in [2.45, 2.75) is 37.6 Å². The number of nitrogen functional groups attached to an aromatic ring is 1. The number of rotatable bonds is 9. The minimum Gasteiger partial charge on any atom is -0.486 e. The quantitative estimate of drug-likeness (QED) is 0.366. The van der Waals surface area contributed by atoms with Crippen LogP contribution in [0.15, 0.2) is 53.7 Å². The van der Waals surface area contributed by atoms with E-state index in [4.69, 9.17) is 20.1 Å². The Morgan fingerprint density at radius 2 is 1.94 bits per heavy atom. The first-order chi connectivity index (χ1) is 16.4. The zero-order valence-corrected chi connectivity index (χ0v) is 20.3. The van der Waals surface area contributed by atoms with Crippen LogP contribution in [0, 0.1) is 0 Å². The van der Waals surface area contributed by atoms with Gasteiger partial charge in [0.05, 0.1) is 12.3 Å². The van der Waals surface area contributed by atoms with Gasteiger partial charge in [-0.05, 0) is 35.7 Å². The largest absolute Gasteiger partial charge is 0.486 e. The Morgan fingerprint density at radius 1 is 1.21 bits per heavy atom. The highest BCUT2D eigenvalue weighted by atomic mass is 32.2. The van der Waals surface area contributed by atoms with Crippen LogP contribution < -0.4 is 20.1 Å². The number of aromatic nitrogens is 3. The summed E-state index contributed by atoms with van der Waals surface area (Å²) in [5.41, 5.74) is 1.25. The Balaban J connectivity index is 1.24. The normalized spacial score (nSPS) is 14.8. The first-order valence-electron chi connectivity index (χ1n) is 11.1. The summed E-state index contributed by atoms with van der Waals surface area (Å²) in [4.78, 5) is 14.2. The van der Waals surface area contributed by atoms with Crippen LogP contribution in [0.5, 0.6) is 17.2 Å². The molecule has 34 heavy (non-hydrogen) atoms. The van der Waals surface area contributed by atoms with Crippen molar-refractivity contribution in [1.82, 2.24) is 19.8 Å². The van der Waals surface area contributed by atoms with Gasteiger partial charge in [-0.1, -0.05) is 49.9 Å². The molecule has 2 aromatic carbocycles. The molecule has 2 N–H and O–H groups in total. The van der Waals surface area contributed by atoms with Crippen LogP contribution in [-0.2, 0) is 11.4 Å². The van der Waals surface area contributed by atoms with Gasteiger partial charge < -0.3 is 25.0 Å². The van der Waals surface area contributed by atoms with Gasteiger partial charge in [0, 0.05) is 7.05 Å². The fourth-order valence-corrected chi connectivity index (χ4v) is 4.21. The molecule has 0 spiro atoms. The van der Waals surface area contributed by atoms with Gasteiger partial charge in [0.1, 0.15) is 19.0 Å². The standard InChI is InChI=1S/C24H29N5O4S/c1-16(2)17-8-10-18(11-9-17)31-14-22-26-27-24(29(22)25)34-15-23(30)28(3)12-19-13-32-20-6-4-5-7-21(20)33-19/h4-11,16,19H,12-15,25H2,1-3H3. The van der Waals surface area contributed by atoms with E-state index in [2.05, 4.69) is 24.0 Å². The molecule has 0 bridgehead atoms. The lowest BCUT2D eigenvalue weighted by atomic mass is 10.0. The summed E-state index contributed by atoms with van der Waals surface area (Å²) in [6.07, 6.45) is -0.231. The van der Waals surface area contributed by atoms with Crippen molar-refractivity contribution in [2.24, 2.45) is 0 Å². The molecule has 10 heteroatoms. The van der Waals surface area contributed by atoms with Gasteiger partial charge in [-0.25, -0.2) is 4.68 Å². The lowest BCUT2D eigenvalue weighted by Crippen LogP contribution is -2.42. The van der Waals surface area contributed by atoms with E-state index < -0.39 is 0 Å². The van der Waals surface area contributed by atoms with E-state index in [1.807, 2.05) is 48.5 Å². The molecule has 1 amide bonds. The predicted molar refractivity (Wildman–Crippen MR) is 130 cm³/mol. The van der Waals surface area contributed by atoms with Crippen LogP contribution in [0.25, 0.3) is 0 Å². The first-order valence-corrected chi connectivity index (χ1v) is 12.1. The average molecular weight is 484 g/mol. The molecule has 0 saturated carbocycles. The van der Waals surface area contributed by atoms with Crippen molar-refractivity contribution in [3.63, 3.8) is 0 Å². The molecule has 180 valence electrons. The average Bonchev–Trinajstić information content (AvgIpc) is 3.20. The fraction of sp³-hybridized carbons (Fsp3) is 0.375. The van der Waals surface area contributed by atoms with Crippen molar-refractivity contribution < 1.29 is 19.0 Å². The van der Waals surface area contributed by atoms with Crippen LogP contribution in [0.1, 0.15) is 31.2 Å². The van der Waals surface area contributed by atoms with Gasteiger partial charge in [0.2, 0.25) is 11.1 Å². The van der Waals surface area contributed by atoms with Crippen molar-refractivity contribution in [3.8, 4) is 17.2 Å². The molecule has 4 rings (SSSR count). The van der Waals surface area contributed by atoms with Crippen LogP contribution in [0.2, 0.25) is 0 Å². The number of nitrogens with two attached hydrogens (primary N) is 1. The third kappa shape index (κ3) is 5.74. The molecule has 2 heterocycles. The second-order valence-corrected chi connectivity index (χ2v) is 9.28. The van der Waals surface area contributed by atoms with Gasteiger partial charge in [-0.3, -0.25) is 4.79 Å². The van der Waals surface area contributed by atoms with E-state index in [1.165, 1.54) is 22.0 Å².